The van der Waals surface area contributed by atoms with Crippen LogP contribution in [0.25, 0.3) is 0 Å². The van der Waals surface area contributed by atoms with E-state index in [-0.39, 0.29) is 0 Å². The normalized spacial score (nSPS) is 19.5. The van der Waals surface area contributed by atoms with Gasteiger partial charge >= 0.3 is 0 Å². The molecule has 118 valence electrons. The van der Waals surface area contributed by atoms with Gasteiger partial charge in [0.25, 0.3) is 0 Å². The third-order valence-corrected chi connectivity index (χ3v) is 4.09. The lowest BCUT2D eigenvalue weighted by atomic mass is 9.97. The Morgan fingerprint density at radius 1 is 1.29 bits per heavy atom. The van der Waals surface area contributed by atoms with Gasteiger partial charge in [0.15, 0.2) is 0 Å². The third kappa shape index (κ3) is 4.95. The summed E-state index contributed by atoms with van der Waals surface area (Å²) in [5.74, 6) is 3.01. The van der Waals surface area contributed by atoms with Crippen molar-refractivity contribution in [1.82, 2.24) is 15.3 Å². The zero-order valence-electron chi connectivity index (χ0n) is 14.0. The van der Waals surface area contributed by atoms with E-state index in [1.165, 1.54) is 12.8 Å². The molecule has 1 aromatic rings. The van der Waals surface area contributed by atoms with Crippen molar-refractivity contribution in [3.8, 4) is 0 Å². The first kappa shape index (κ1) is 16.2. The summed E-state index contributed by atoms with van der Waals surface area (Å²) >= 11 is 0. The highest BCUT2D eigenvalue weighted by molar-refractivity contribution is 5.40. The van der Waals surface area contributed by atoms with Crippen LogP contribution < -0.4 is 10.2 Å². The minimum Gasteiger partial charge on any atom is -0.356 e. The lowest BCUT2D eigenvalue weighted by Crippen LogP contribution is -2.40. The third-order valence-electron chi connectivity index (χ3n) is 4.09. The van der Waals surface area contributed by atoms with Gasteiger partial charge in [0.05, 0.1) is 0 Å². The Hall–Kier alpha value is -1.16. The number of aromatic nitrogens is 2. The molecule has 0 bridgehead atoms. The van der Waals surface area contributed by atoms with E-state index in [1.807, 2.05) is 0 Å². The van der Waals surface area contributed by atoms with E-state index in [4.69, 9.17) is 0 Å². The Balaban J connectivity index is 1.92. The smallest absolute Gasteiger partial charge is 0.132 e. The zero-order chi connectivity index (χ0) is 15.2. The average molecular weight is 290 g/mol. The molecule has 4 heteroatoms. The molecule has 1 saturated heterocycles. The summed E-state index contributed by atoms with van der Waals surface area (Å²) in [4.78, 5) is 11.3. The Morgan fingerprint density at radius 2 is 2.10 bits per heavy atom. The van der Waals surface area contributed by atoms with Crippen molar-refractivity contribution in [2.75, 3.05) is 31.1 Å². The largest absolute Gasteiger partial charge is 0.356 e. The molecular formula is C17H30N4. The number of anilines is 1. The second kappa shape index (κ2) is 7.74. The van der Waals surface area contributed by atoms with Gasteiger partial charge in [0.2, 0.25) is 0 Å². The van der Waals surface area contributed by atoms with E-state index in [2.05, 4.69) is 53.9 Å². The molecule has 1 aliphatic rings. The van der Waals surface area contributed by atoms with Gasteiger partial charge in [-0.1, -0.05) is 27.7 Å². The molecule has 2 rings (SSSR count). The van der Waals surface area contributed by atoms with Crippen molar-refractivity contribution in [3.63, 3.8) is 0 Å². The van der Waals surface area contributed by atoms with E-state index in [0.29, 0.717) is 5.92 Å². The van der Waals surface area contributed by atoms with E-state index in [1.54, 1.807) is 6.33 Å². The fraction of sp³-hybridized carbons (Fsp3) is 0.765. The Bertz CT molecular complexity index is 431. The first-order valence-electron chi connectivity index (χ1n) is 8.34. The highest BCUT2D eigenvalue weighted by Crippen LogP contribution is 2.23. The van der Waals surface area contributed by atoms with Gasteiger partial charge in [-0.3, -0.25) is 0 Å². The number of rotatable bonds is 6. The van der Waals surface area contributed by atoms with Gasteiger partial charge in [-0.25, -0.2) is 9.97 Å². The first-order valence-corrected chi connectivity index (χ1v) is 8.34. The van der Waals surface area contributed by atoms with E-state index in [9.17, 15) is 0 Å². The number of nitrogens with zero attached hydrogens (tertiary/aromatic N) is 3. The summed E-state index contributed by atoms with van der Waals surface area (Å²) in [6, 6.07) is 2.16. The van der Waals surface area contributed by atoms with Crippen LogP contribution >= 0.6 is 0 Å². The maximum Gasteiger partial charge on any atom is 0.132 e. The van der Waals surface area contributed by atoms with E-state index < -0.39 is 0 Å². The fourth-order valence-electron chi connectivity index (χ4n) is 2.87. The van der Waals surface area contributed by atoms with Gasteiger partial charge in [0.1, 0.15) is 12.1 Å². The standard InChI is InChI=1S/C17H30N4/c1-13(2)9-18-10-15-6-5-7-21(11-15)17-8-16(14(3)4)19-12-20-17/h8,12-15,18H,5-7,9-11H2,1-4H3. The van der Waals surface area contributed by atoms with Crippen LogP contribution in [-0.2, 0) is 0 Å². The van der Waals surface area contributed by atoms with Crippen LogP contribution in [0.2, 0.25) is 0 Å². The summed E-state index contributed by atoms with van der Waals surface area (Å²) in [5.41, 5.74) is 1.14. The molecule has 1 N–H and O–H groups in total. The van der Waals surface area contributed by atoms with Crippen LogP contribution in [0.5, 0.6) is 0 Å². The number of piperidine rings is 1. The van der Waals surface area contributed by atoms with Gasteiger partial charge in [-0.05, 0) is 43.7 Å². The lowest BCUT2D eigenvalue weighted by molar-refractivity contribution is 0.381. The molecule has 2 heterocycles. The maximum absolute atomic E-state index is 4.48. The summed E-state index contributed by atoms with van der Waals surface area (Å²) in [6.45, 7) is 13.3. The van der Waals surface area contributed by atoms with Gasteiger partial charge in [0, 0.05) is 24.8 Å². The number of nitrogens with one attached hydrogen (secondary N) is 1. The van der Waals surface area contributed by atoms with Gasteiger partial charge in [-0.2, -0.15) is 0 Å². The van der Waals surface area contributed by atoms with Gasteiger partial charge < -0.3 is 10.2 Å². The molecule has 4 nitrogen and oxygen atoms in total. The summed E-state index contributed by atoms with van der Waals surface area (Å²) in [5, 5.41) is 3.60. The molecule has 0 aliphatic carbocycles. The van der Waals surface area contributed by atoms with Crippen LogP contribution in [0.1, 0.15) is 52.1 Å². The molecule has 1 aliphatic heterocycles. The predicted molar refractivity (Wildman–Crippen MR) is 88.8 cm³/mol. The Kier molecular flexibility index (Phi) is 5.97. The molecule has 1 atom stereocenters. The lowest BCUT2D eigenvalue weighted by Gasteiger charge is -2.34. The van der Waals surface area contributed by atoms with Crippen molar-refractivity contribution < 1.29 is 0 Å². The van der Waals surface area contributed by atoms with Crippen molar-refractivity contribution in [1.29, 1.82) is 0 Å². The van der Waals surface area contributed by atoms with Crippen LogP contribution in [0.15, 0.2) is 12.4 Å². The minimum atomic E-state index is 0.458. The predicted octanol–water partition coefficient (Wildman–Crippen LogP) is 3.06. The molecule has 1 aromatic heterocycles. The van der Waals surface area contributed by atoms with Crippen molar-refractivity contribution in [2.24, 2.45) is 11.8 Å². The monoisotopic (exact) mass is 290 g/mol. The molecule has 1 unspecified atom stereocenters. The summed E-state index contributed by atoms with van der Waals surface area (Å²) < 4.78 is 0. The molecule has 0 aromatic carbocycles. The second-order valence-corrected chi connectivity index (χ2v) is 6.96. The molecular weight excluding hydrogens is 260 g/mol. The summed E-state index contributed by atoms with van der Waals surface area (Å²) in [6.07, 6.45) is 4.30. The van der Waals surface area contributed by atoms with Crippen LogP contribution in [0.3, 0.4) is 0 Å². The fourth-order valence-corrected chi connectivity index (χ4v) is 2.87. The molecule has 0 radical (unpaired) electrons. The zero-order valence-corrected chi connectivity index (χ0v) is 14.0. The maximum atomic E-state index is 4.48. The van der Waals surface area contributed by atoms with Crippen LogP contribution in [0, 0.1) is 11.8 Å². The first-order chi connectivity index (χ1) is 10.1. The molecule has 0 spiro atoms. The topological polar surface area (TPSA) is 41.0 Å². The number of hydrogen-bond acceptors (Lipinski definition) is 4. The van der Waals surface area contributed by atoms with Crippen molar-refractivity contribution in [3.05, 3.63) is 18.1 Å². The Labute approximate surface area is 129 Å². The van der Waals surface area contributed by atoms with Crippen molar-refractivity contribution in [2.45, 2.75) is 46.5 Å². The molecule has 0 amide bonds. The highest BCUT2D eigenvalue weighted by Gasteiger charge is 2.21. The van der Waals surface area contributed by atoms with E-state index >= 15 is 0 Å². The number of hydrogen-bond donors (Lipinski definition) is 1. The SMILES string of the molecule is CC(C)CNCC1CCCN(c2cc(C(C)C)ncn2)C1. The van der Waals surface area contributed by atoms with Crippen LogP contribution in [-0.4, -0.2) is 36.1 Å². The molecule has 0 saturated carbocycles. The van der Waals surface area contributed by atoms with E-state index in [0.717, 1.165) is 49.5 Å². The van der Waals surface area contributed by atoms with Gasteiger partial charge in [-0.15, -0.1) is 0 Å². The minimum absolute atomic E-state index is 0.458. The second-order valence-electron chi connectivity index (χ2n) is 6.96. The quantitative estimate of drug-likeness (QED) is 0.874. The highest BCUT2D eigenvalue weighted by atomic mass is 15.2. The van der Waals surface area contributed by atoms with Crippen molar-refractivity contribution >= 4 is 5.82 Å². The molecule has 1 fully saturated rings. The average Bonchev–Trinajstić information content (AvgIpc) is 2.47. The Morgan fingerprint density at radius 3 is 2.81 bits per heavy atom. The summed E-state index contributed by atoms with van der Waals surface area (Å²) in [7, 11) is 0. The van der Waals surface area contributed by atoms with Crippen LogP contribution in [0.4, 0.5) is 5.82 Å². The molecule has 21 heavy (non-hydrogen) atoms.